The first-order valence-electron chi connectivity index (χ1n) is 9.33. The van der Waals surface area contributed by atoms with E-state index in [0.717, 1.165) is 36.7 Å². The van der Waals surface area contributed by atoms with Crippen molar-refractivity contribution in [3.63, 3.8) is 0 Å². The monoisotopic (exact) mass is 414 g/mol. The van der Waals surface area contributed by atoms with Crippen LogP contribution in [-0.4, -0.2) is 33.6 Å². The average Bonchev–Trinajstić information content (AvgIpc) is 3.36. The molecular weight excluding hydrogens is 392 g/mol. The van der Waals surface area contributed by atoms with E-state index in [1.165, 1.54) is 21.8 Å². The van der Waals surface area contributed by atoms with Gasteiger partial charge in [-0.2, -0.15) is 0 Å². The smallest absolute Gasteiger partial charge is 0.243 e. The number of amides is 1. The molecule has 0 fully saturated rings. The van der Waals surface area contributed by atoms with Gasteiger partial charge in [-0.3, -0.25) is 15.0 Å². The number of nitrogens with one attached hydrogen (secondary N) is 1. The van der Waals surface area contributed by atoms with Crippen LogP contribution in [0.5, 0.6) is 5.75 Å². The highest BCUT2D eigenvalue weighted by Crippen LogP contribution is 2.26. The number of carbonyl (C=O) groups excluding carboxylic acids is 1. The Morgan fingerprint density at radius 1 is 1.29 bits per heavy atom. The van der Waals surface area contributed by atoms with E-state index in [0.29, 0.717) is 11.7 Å². The molecule has 1 atom stereocenters. The summed E-state index contributed by atoms with van der Waals surface area (Å²) in [5.41, 5.74) is 1.35. The molecule has 6 nitrogen and oxygen atoms in total. The average molecular weight is 415 g/mol. The van der Waals surface area contributed by atoms with Gasteiger partial charge in [-0.05, 0) is 42.0 Å². The number of ether oxygens (including phenoxy) is 1. The van der Waals surface area contributed by atoms with Crippen LogP contribution in [0.25, 0.3) is 0 Å². The van der Waals surface area contributed by atoms with Crippen LogP contribution in [0.1, 0.15) is 28.8 Å². The summed E-state index contributed by atoms with van der Waals surface area (Å²) in [6.07, 6.45) is 1.77. The molecule has 1 aromatic carbocycles. The molecule has 4 rings (SSSR count). The fourth-order valence-corrected chi connectivity index (χ4v) is 4.90. The summed E-state index contributed by atoms with van der Waals surface area (Å²) in [6.45, 7) is 4.12. The van der Waals surface area contributed by atoms with Gasteiger partial charge in [0.15, 0.2) is 5.01 Å². The number of fused-ring (bicyclic) bond motifs is 1. The van der Waals surface area contributed by atoms with Crippen LogP contribution in [0, 0.1) is 0 Å². The molecule has 1 aliphatic heterocycles. The standard InChI is InChI=1S/C20H22N4O2S2/c1-2-16(24-10-8-17-14(12-24)9-11-27-17)19(25)21-20-23-22-18(28-20)13-26-15-6-4-3-5-7-15/h3-7,9,11,16H,2,8,10,12-13H2,1H3,(H,21,23,25). The van der Waals surface area contributed by atoms with Crippen molar-refractivity contribution in [1.82, 2.24) is 15.1 Å². The van der Waals surface area contributed by atoms with Gasteiger partial charge in [-0.15, -0.1) is 21.5 Å². The first-order chi connectivity index (χ1) is 13.7. The third-order valence-electron chi connectivity index (χ3n) is 4.77. The molecule has 2 aromatic heterocycles. The van der Waals surface area contributed by atoms with Crippen molar-refractivity contribution < 1.29 is 9.53 Å². The predicted octanol–water partition coefficient (Wildman–Crippen LogP) is 3.95. The van der Waals surface area contributed by atoms with E-state index in [2.05, 4.69) is 31.9 Å². The lowest BCUT2D eigenvalue weighted by molar-refractivity contribution is -0.121. The largest absolute Gasteiger partial charge is 0.486 e. The van der Waals surface area contributed by atoms with Gasteiger partial charge in [0.2, 0.25) is 11.0 Å². The Labute approximate surface area is 172 Å². The van der Waals surface area contributed by atoms with Crippen molar-refractivity contribution in [2.24, 2.45) is 0 Å². The number of rotatable bonds is 7. The quantitative estimate of drug-likeness (QED) is 0.634. The number of benzene rings is 1. The molecular formula is C20H22N4O2S2. The van der Waals surface area contributed by atoms with Crippen LogP contribution in [0.4, 0.5) is 5.13 Å². The molecule has 0 radical (unpaired) electrons. The summed E-state index contributed by atoms with van der Waals surface area (Å²) in [5, 5.41) is 14.5. The fraction of sp³-hybridized carbons (Fsp3) is 0.350. The topological polar surface area (TPSA) is 67.3 Å². The van der Waals surface area contributed by atoms with E-state index in [1.807, 2.05) is 48.6 Å². The van der Waals surface area contributed by atoms with E-state index in [9.17, 15) is 4.79 Å². The van der Waals surface area contributed by atoms with Gasteiger partial charge in [0, 0.05) is 18.0 Å². The number of hydrogen-bond donors (Lipinski definition) is 1. The zero-order valence-electron chi connectivity index (χ0n) is 15.6. The van der Waals surface area contributed by atoms with Gasteiger partial charge in [0.25, 0.3) is 0 Å². The molecule has 0 aliphatic carbocycles. The van der Waals surface area contributed by atoms with Crippen LogP contribution >= 0.6 is 22.7 Å². The normalized spacial score (nSPS) is 15.0. The molecule has 8 heteroatoms. The van der Waals surface area contributed by atoms with Crippen molar-refractivity contribution in [3.05, 3.63) is 57.2 Å². The second kappa shape index (κ2) is 8.81. The molecule has 0 bridgehead atoms. The first-order valence-corrected chi connectivity index (χ1v) is 11.0. The van der Waals surface area contributed by atoms with Crippen molar-refractivity contribution in [1.29, 1.82) is 0 Å². The Morgan fingerprint density at radius 2 is 2.14 bits per heavy atom. The zero-order valence-corrected chi connectivity index (χ0v) is 17.3. The Balaban J connectivity index is 1.34. The maximum absolute atomic E-state index is 12.8. The number of hydrogen-bond acceptors (Lipinski definition) is 7. The van der Waals surface area contributed by atoms with Crippen molar-refractivity contribution in [2.45, 2.75) is 39.0 Å². The Morgan fingerprint density at radius 3 is 2.96 bits per heavy atom. The Bertz CT molecular complexity index is 925. The van der Waals surface area contributed by atoms with Crippen LogP contribution in [0.15, 0.2) is 41.8 Å². The fourth-order valence-electron chi connectivity index (χ4n) is 3.36. The maximum atomic E-state index is 12.8. The summed E-state index contributed by atoms with van der Waals surface area (Å²) in [4.78, 5) is 16.5. The highest BCUT2D eigenvalue weighted by Gasteiger charge is 2.28. The lowest BCUT2D eigenvalue weighted by Gasteiger charge is -2.32. The van der Waals surface area contributed by atoms with Gasteiger partial charge in [-0.25, -0.2) is 0 Å². The minimum Gasteiger partial charge on any atom is -0.486 e. The summed E-state index contributed by atoms with van der Waals surface area (Å²) >= 11 is 3.16. The molecule has 3 heterocycles. The molecule has 146 valence electrons. The van der Waals surface area contributed by atoms with Gasteiger partial charge in [0.05, 0.1) is 6.04 Å². The van der Waals surface area contributed by atoms with E-state index in [4.69, 9.17) is 4.74 Å². The SMILES string of the molecule is CCC(C(=O)Nc1nnc(COc2ccccc2)s1)N1CCc2sccc2C1. The molecule has 28 heavy (non-hydrogen) atoms. The molecule has 0 saturated heterocycles. The minimum absolute atomic E-state index is 0.0205. The Kier molecular flexibility index (Phi) is 5.99. The number of para-hydroxylation sites is 1. The molecule has 3 aromatic rings. The van der Waals surface area contributed by atoms with E-state index >= 15 is 0 Å². The molecule has 0 spiro atoms. The molecule has 1 unspecified atom stereocenters. The van der Waals surface area contributed by atoms with E-state index in [1.54, 1.807) is 0 Å². The van der Waals surface area contributed by atoms with Gasteiger partial charge in [-0.1, -0.05) is 36.5 Å². The summed E-state index contributed by atoms with van der Waals surface area (Å²) in [5.74, 6) is 0.764. The third-order valence-corrected chi connectivity index (χ3v) is 6.60. The number of anilines is 1. The third kappa shape index (κ3) is 4.40. The second-order valence-electron chi connectivity index (χ2n) is 6.61. The highest BCUT2D eigenvalue weighted by atomic mass is 32.1. The Hall–Kier alpha value is -2.29. The molecule has 1 N–H and O–H groups in total. The van der Waals surface area contributed by atoms with Crippen molar-refractivity contribution >= 4 is 33.7 Å². The van der Waals surface area contributed by atoms with Crippen LogP contribution < -0.4 is 10.1 Å². The zero-order chi connectivity index (χ0) is 19.3. The first kappa shape index (κ1) is 19.0. The summed E-state index contributed by atoms with van der Waals surface area (Å²) in [7, 11) is 0. The van der Waals surface area contributed by atoms with Crippen LogP contribution in [-0.2, 0) is 24.4 Å². The van der Waals surface area contributed by atoms with E-state index < -0.39 is 0 Å². The summed E-state index contributed by atoms with van der Waals surface area (Å²) < 4.78 is 5.69. The number of nitrogens with zero attached hydrogens (tertiary/aromatic N) is 3. The molecule has 1 aliphatic rings. The lowest BCUT2D eigenvalue weighted by atomic mass is 10.1. The van der Waals surface area contributed by atoms with Gasteiger partial charge < -0.3 is 4.74 Å². The van der Waals surface area contributed by atoms with Crippen LogP contribution in [0.2, 0.25) is 0 Å². The van der Waals surface area contributed by atoms with Gasteiger partial charge in [0.1, 0.15) is 12.4 Å². The molecule has 0 saturated carbocycles. The molecule has 1 amide bonds. The maximum Gasteiger partial charge on any atom is 0.243 e. The van der Waals surface area contributed by atoms with Gasteiger partial charge >= 0.3 is 0 Å². The van der Waals surface area contributed by atoms with Crippen LogP contribution in [0.3, 0.4) is 0 Å². The van der Waals surface area contributed by atoms with Crippen molar-refractivity contribution in [3.8, 4) is 5.75 Å². The predicted molar refractivity (Wildman–Crippen MR) is 112 cm³/mol. The lowest BCUT2D eigenvalue weighted by Crippen LogP contribution is -2.45. The van der Waals surface area contributed by atoms with E-state index in [-0.39, 0.29) is 11.9 Å². The number of thiophene rings is 1. The number of aromatic nitrogens is 2. The highest BCUT2D eigenvalue weighted by molar-refractivity contribution is 7.15. The second-order valence-corrected chi connectivity index (χ2v) is 8.67. The number of carbonyl (C=O) groups is 1. The van der Waals surface area contributed by atoms with Crippen molar-refractivity contribution in [2.75, 3.05) is 11.9 Å². The summed E-state index contributed by atoms with van der Waals surface area (Å²) in [6, 6.07) is 11.6. The minimum atomic E-state index is -0.166.